The lowest BCUT2D eigenvalue weighted by molar-refractivity contribution is -0.134. The number of alkyl halides is 7. The highest BCUT2D eigenvalue weighted by molar-refractivity contribution is 7.90. The molecule has 1 aliphatic carbocycles. The van der Waals surface area contributed by atoms with Gasteiger partial charge in [0.2, 0.25) is 23.7 Å². The zero-order valence-corrected chi connectivity index (χ0v) is 44.4. The number of hydrogen-bond acceptors (Lipinski definition) is 18. The number of aromatic carboxylic acids is 1. The summed E-state index contributed by atoms with van der Waals surface area (Å²) in [6.45, 7) is -3.69. The van der Waals surface area contributed by atoms with Crippen LogP contribution in [0.2, 0.25) is 5.02 Å². The third-order valence-corrected chi connectivity index (χ3v) is 13.5. The van der Waals surface area contributed by atoms with Gasteiger partial charge < -0.3 is 24.1 Å². The molecule has 24 nitrogen and oxygen atoms in total. The van der Waals surface area contributed by atoms with Crippen molar-refractivity contribution in [2.75, 3.05) is 22.6 Å². The van der Waals surface area contributed by atoms with E-state index in [1.807, 2.05) is 0 Å². The van der Waals surface area contributed by atoms with Crippen LogP contribution in [0.15, 0.2) is 87.7 Å². The van der Waals surface area contributed by atoms with Gasteiger partial charge in [0.1, 0.15) is 22.3 Å². The number of imide groups is 1. The number of carboxylic acids is 1. The van der Waals surface area contributed by atoms with E-state index in [1.54, 1.807) is 17.0 Å². The Balaban J connectivity index is 0.000000227. The number of hydrogen-bond donors (Lipinski definition) is 5. The maximum absolute atomic E-state index is 14.4. The smallest absolute Gasteiger partial charge is 0.389 e. The van der Waals surface area contributed by atoms with E-state index in [1.165, 1.54) is 55.2 Å². The maximum Gasteiger partial charge on any atom is 0.389 e. The van der Waals surface area contributed by atoms with E-state index in [2.05, 4.69) is 45.6 Å². The number of sulfonamides is 2. The highest BCUT2D eigenvalue weighted by Crippen LogP contribution is 2.40. The van der Waals surface area contributed by atoms with Crippen LogP contribution in [0.3, 0.4) is 0 Å². The lowest BCUT2D eigenvalue weighted by Gasteiger charge is -2.19. The van der Waals surface area contributed by atoms with Crippen molar-refractivity contribution in [2.45, 2.75) is 87.7 Å². The second kappa shape index (κ2) is 27.5. The third kappa shape index (κ3) is 17.8. The molecule has 82 heavy (non-hydrogen) atoms. The maximum atomic E-state index is 14.4. The van der Waals surface area contributed by atoms with Gasteiger partial charge in [-0.3, -0.25) is 20.2 Å². The summed E-state index contributed by atoms with van der Waals surface area (Å²) in [5, 5.41) is 12.9. The predicted octanol–water partition coefficient (Wildman–Crippen LogP) is 7.71. The zero-order chi connectivity index (χ0) is 60.9. The Kier molecular flexibility index (Phi) is 21.4. The summed E-state index contributed by atoms with van der Waals surface area (Å²) >= 11 is 5.97. The second-order valence-electron chi connectivity index (χ2n) is 16.2. The quantitative estimate of drug-likeness (QED) is 0.0338. The van der Waals surface area contributed by atoms with Crippen molar-refractivity contribution >= 4 is 79.1 Å². The number of methoxy groups -OCH3 is 1. The number of nitrogens with one attached hydrogen (secondary N) is 4. The number of amides is 6. The van der Waals surface area contributed by atoms with Crippen molar-refractivity contribution < 1.29 is 100.0 Å². The summed E-state index contributed by atoms with van der Waals surface area (Å²) in [5.74, 6) is -3.70. The van der Waals surface area contributed by atoms with Gasteiger partial charge in [0.15, 0.2) is 6.10 Å². The number of carbonyl (C=O) groups is 5. The molecular weight excluding hydrogens is 1180 g/mol. The lowest BCUT2D eigenvalue weighted by atomic mass is 9.93. The molecule has 438 valence electrons. The number of aromatic nitrogens is 5. The van der Waals surface area contributed by atoms with Crippen molar-refractivity contribution in [3.63, 3.8) is 0 Å². The Morgan fingerprint density at radius 3 is 1.80 bits per heavy atom. The van der Waals surface area contributed by atoms with Crippen LogP contribution < -0.4 is 43.9 Å². The highest BCUT2D eigenvalue weighted by Gasteiger charge is 2.41. The van der Waals surface area contributed by atoms with Gasteiger partial charge in [-0.1, -0.05) is 47.9 Å². The first-order valence-corrected chi connectivity index (χ1v) is 26.2. The number of benzene rings is 3. The molecule has 5 N–H and O–H groups in total. The van der Waals surface area contributed by atoms with Crippen LogP contribution in [0.4, 0.5) is 62.3 Å². The van der Waals surface area contributed by atoms with Gasteiger partial charge in [0.25, 0.3) is 31.9 Å². The monoisotopic (exact) mass is 1220 g/mol. The molecule has 0 radical (unpaired) electrons. The molecule has 2 aliphatic rings. The highest BCUT2D eigenvalue weighted by atomic mass is 35.5. The summed E-state index contributed by atoms with van der Waals surface area (Å²) in [7, 11) is -7.86. The van der Waals surface area contributed by atoms with Gasteiger partial charge in [0, 0.05) is 23.6 Å². The normalized spacial score (nSPS) is 13.5. The number of aryl methyl sites for hydroxylation is 2. The fourth-order valence-electron chi connectivity index (χ4n) is 7.07. The van der Waals surface area contributed by atoms with Crippen molar-refractivity contribution in [3.05, 3.63) is 106 Å². The molecule has 0 bridgehead atoms. The first-order valence-electron chi connectivity index (χ1n) is 22.8. The molecular formula is C47H41ClF8N10O14S2. The number of nitrogens with zero attached hydrogens (tertiary/aromatic N) is 6. The molecule has 1 atom stereocenters. The Labute approximate surface area is 463 Å². The van der Waals surface area contributed by atoms with Crippen LogP contribution in [0.25, 0.3) is 0 Å². The number of halogens is 9. The molecule has 0 spiro atoms. The Bertz CT molecular complexity index is 3510. The molecule has 5 aromatic rings. The average Bonchev–Trinajstić information content (AvgIpc) is 3.89. The summed E-state index contributed by atoms with van der Waals surface area (Å²) in [6.07, 6.45) is 1.27. The average molecular weight is 1220 g/mol. The summed E-state index contributed by atoms with van der Waals surface area (Å²) in [5.41, 5.74) is 0.0925. The second-order valence-corrected chi connectivity index (χ2v) is 19.9. The van der Waals surface area contributed by atoms with E-state index in [-0.39, 0.29) is 39.8 Å². The predicted molar refractivity (Wildman–Crippen MR) is 268 cm³/mol. The SMILES string of the molecule is C#CC(C)Oc1cc(N2C(=O)C3=C(CCCC3)C2=O)c(F)cc1Cl.COc1nc(C)nc(NC(=O)NS(=O)(=O)c2ccccc2CCC(F)(F)F)n1.O=C(Nc1nc(OC(F)F)cc(OC(F)F)n1)NS(=O)(=O)c1ccccc1C(=O)O. The summed E-state index contributed by atoms with van der Waals surface area (Å²) in [6, 6.07) is 9.31. The van der Waals surface area contributed by atoms with Crippen LogP contribution in [0.1, 0.15) is 60.8 Å². The van der Waals surface area contributed by atoms with E-state index < -0.39 is 127 Å². The molecule has 0 fully saturated rings. The molecule has 3 aromatic carbocycles. The molecule has 2 aromatic heterocycles. The van der Waals surface area contributed by atoms with Gasteiger partial charge in [0.05, 0.1) is 34.3 Å². The van der Waals surface area contributed by atoms with Crippen LogP contribution in [0.5, 0.6) is 23.5 Å². The lowest BCUT2D eigenvalue weighted by Crippen LogP contribution is -2.35. The fourth-order valence-corrected chi connectivity index (χ4v) is 9.55. The number of carbonyl (C=O) groups excluding carboxylic acids is 4. The third-order valence-electron chi connectivity index (χ3n) is 10.4. The number of urea groups is 2. The Morgan fingerprint density at radius 1 is 0.780 bits per heavy atom. The van der Waals surface area contributed by atoms with Crippen LogP contribution in [-0.4, -0.2) is 109 Å². The van der Waals surface area contributed by atoms with Gasteiger partial charge in [-0.15, -0.1) is 6.42 Å². The summed E-state index contributed by atoms with van der Waals surface area (Å²) in [4.78, 5) is 77.8. The molecule has 0 saturated heterocycles. The standard InChI is InChI=1S/C18H15ClFNO3.C15H16F3N5O4S.C14H10F4N4O7S/c1-3-10(2)24-16-9-15(14(20)8-13(16)19)21-17(22)11-6-4-5-7-12(11)18(21)23;1-9-19-12(22-14(20-9)27-2)21-13(24)23-28(25,26)11-6-4-3-5-10(11)7-8-15(16,17)18;15-11(16)28-8-5-9(29-12(17)18)20-13(19-8)21-14(25)22-30(26,27)7-4-2-1-3-6(7)10(23)24/h1,8-10H,4-7H2,2H3;3-6H,7-8H2,1-2H3,(H2,19,20,21,22,23,24);1-5,11-12H,(H,23,24)(H2,19,20,21,22,25). The Morgan fingerprint density at radius 2 is 1.29 bits per heavy atom. The number of terminal acetylenes is 1. The van der Waals surface area contributed by atoms with Crippen molar-refractivity contribution in [1.82, 2.24) is 34.4 Å². The van der Waals surface area contributed by atoms with Gasteiger partial charge in [-0.2, -0.15) is 55.7 Å². The molecule has 1 unspecified atom stereocenters. The molecule has 1 aliphatic heterocycles. The van der Waals surface area contributed by atoms with E-state index in [4.69, 9.17) is 32.6 Å². The van der Waals surface area contributed by atoms with E-state index in [0.29, 0.717) is 30.1 Å². The number of ether oxygens (including phenoxy) is 4. The van der Waals surface area contributed by atoms with Crippen molar-refractivity contribution in [1.29, 1.82) is 0 Å². The number of carboxylic acid groups (broad SMARTS) is 1. The van der Waals surface area contributed by atoms with Crippen LogP contribution in [-0.2, 0) is 36.1 Å². The van der Waals surface area contributed by atoms with Crippen LogP contribution in [0, 0.1) is 25.1 Å². The van der Waals surface area contributed by atoms with Gasteiger partial charge in [-0.05, 0) is 75.8 Å². The topological polar surface area (TPSA) is 327 Å². The minimum Gasteiger partial charge on any atom is -0.478 e. The zero-order valence-electron chi connectivity index (χ0n) is 42.1. The van der Waals surface area contributed by atoms with Crippen molar-refractivity contribution in [3.8, 4) is 35.9 Å². The molecule has 7 rings (SSSR count). The molecule has 0 saturated carbocycles. The first-order chi connectivity index (χ1) is 38.4. The minimum atomic E-state index is -4.71. The molecule has 3 heterocycles. The minimum absolute atomic E-state index is 0.0233. The number of rotatable bonds is 17. The Hall–Kier alpha value is -8.97. The van der Waals surface area contributed by atoms with E-state index in [0.717, 1.165) is 42.0 Å². The number of anilines is 3. The largest absolute Gasteiger partial charge is 0.478 e. The van der Waals surface area contributed by atoms with Crippen LogP contribution >= 0.6 is 11.6 Å². The summed E-state index contributed by atoms with van der Waals surface area (Å²) < 4.78 is 172. The van der Waals surface area contributed by atoms with Crippen molar-refractivity contribution in [2.24, 2.45) is 0 Å². The van der Waals surface area contributed by atoms with E-state index >= 15 is 0 Å². The first kappa shape index (κ1) is 63.9. The molecule has 6 amide bonds. The van der Waals surface area contributed by atoms with Gasteiger partial charge >= 0.3 is 43.4 Å². The van der Waals surface area contributed by atoms with E-state index in [9.17, 15) is 75.9 Å². The molecule has 35 heteroatoms. The fraction of sp³-hybridized carbons (Fsp3) is 0.277. The van der Waals surface area contributed by atoms with Gasteiger partial charge in [-0.25, -0.2) is 50.0 Å².